The molecule has 1 aromatic rings. The lowest BCUT2D eigenvalue weighted by Gasteiger charge is -2.12. The van der Waals surface area contributed by atoms with E-state index in [1.165, 1.54) is 18.2 Å². The molecule has 2 rings (SSSR count). The van der Waals surface area contributed by atoms with Crippen molar-refractivity contribution in [1.82, 2.24) is 4.90 Å². The second-order valence-electron chi connectivity index (χ2n) is 3.81. The van der Waals surface area contributed by atoms with E-state index in [1.54, 1.807) is 0 Å². The first-order valence-corrected chi connectivity index (χ1v) is 5.39. The van der Waals surface area contributed by atoms with Gasteiger partial charge >= 0.3 is 0 Å². The molecule has 1 aliphatic heterocycles. The highest BCUT2D eigenvalue weighted by Crippen LogP contribution is 2.26. The molecule has 0 aromatic heterocycles. The van der Waals surface area contributed by atoms with E-state index in [-0.39, 0.29) is 30.2 Å². The van der Waals surface area contributed by atoms with Gasteiger partial charge in [-0.1, -0.05) is 6.08 Å². The van der Waals surface area contributed by atoms with Crippen molar-refractivity contribution in [2.75, 3.05) is 13.3 Å². The Bertz CT molecular complexity index is 581. The molecular formula is C12H10N2O5. The minimum Gasteiger partial charge on any atom is -0.356 e. The number of carbonyl (C=O) groups is 2. The minimum absolute atomic E-state index is 0.0291. The molecule has 98 valence electrons. The van der Waals surface area contributed by atoms with Crippen LogP contribution in [0.5, 0.6) is 0 Å². The summed E-state index contributed by atoms with van der Waals surface area (Å²) in [5, 5.41) is 10.6. The topological polar surface area (TPSA) is 89.8 Å². The Hall–Kier alpha value is -2.54. The molecule has 0 spiro atoms. The average Bonchev–Trinajstić information content (AvgIpc) is 2.63. The van der Waals surface area contributed by atoms with Gasteiger partial charge in [0.1, 0.15) is 6.73 Å². The summed E-state index contributed by atoms with van der Waals surface area (Å²) in [4.78, 5) is 34.8. The molecule has 2 amide bonds. The molecule has 0 saturated heterocycles. The quantitative estimate of drug-likeness (QED) is 0.263. The first kappa shape index (κ1) is 12.9. The average molecular weight is 262 g/mol. The van der Waals surface area contributed by atoms with Crippen LogP contribution in [-0.4, -0.2) is 35.0 Å². The van der Waals surface area contributed by atoms with E-state index >= 15 is 0 Å². The predicted octanol–water partition coefficient (Wildman–Crippen LogP) is 1.35. The zero-order valence-electron chi connectivity index (χ0n) is 9.87. The van der Waals surface area contributed by atoms with Gasteiger partial charge in [0.2, 0.25) is 0 Å². The van der Waals surface area contributed by atoms with Gasteiger partial charge < -0.3 is 4.74 Å². The maximum atomic E-state index is 12.0. The van der Waals surface area contributed by atoms with Gasteiger partial charge in [-0.3, -0.25) is 19.7 Å². The van der Waals surface area contributed by atoms with Crippen LogP contribution in [0.2, 0.25) is 0 Å². The first-order valence-electron chi connectivity index (χ1n) is 5.39. The van der Waals surface area contributed by atoms with Crippen molar-refractivity contribution in [3.05, 3.63) is 52.1 Å². The molecule has 0 unspecified atom stereocenters. The lowest BCUT2D eigenvalue weighted by molar-refractivity contribution is -0.384. The Labute approximate surface area is 108 Å². The van der Waals surface area contributed by atoms with E-state index in [1.807, 2.05) is 0 Å². The van der Waals surface area contributed by atoms with Crippen LogP contribution in [0, 0.1) is 10.1 Å². The highest BCUT2D eigenvalue weighted by molar-refractivity contribution is 6.21. The highest BCUT2D eigenvalue weighted by atomic mass is 16.6. The zero-order chi connectivity index (χ0) is 14.0. The summed E-state index contributed by atoms with van der Waals surface area (Å²) >= 11 is 0. The minimum atomic E-state index is -0.616. The van der Waals surface area contributed by atoms with Gasteiger partial charge in [0, 0.05) is 12.1 Å². The van der Waals surface area contributed by atoms with Crippen LogP contribution in [0.25, 0.3) is 0 Å². The molecule has 7 heteroatoms. The summed E-state index contributed by atoms with van der Waals surface area (Å²) < 4.78 is 5.05. The van der Waals surface area contributed by atoms with Crippen molar-refractivity contribution in [2.24, 2.45) is 0 Å². The third-order valence-electron chi connectivity index (χ3n) is 2.62. The maximum absolute atomic E-state index is 12.0. The lowest BCUT2D eigenvalue weighted by atomic mass is 10.1. The van der Waals surface area contributed by atoms with Crippen LogP contribution >= 0.6 is 0 Å². The van der Waals surface area contributed by atoms with Crippen LogP contribution in [0.4, 0.5) is 5.69 Å². The fourth-order valence-corrected chi connectivity index (χ4v) is 1.74. The fraction of sp³-hybridized carbons (Fsp3) is 0.167. The summed E-state index contributed by atoms with van der Waals surface area (Å²) in [7, 11) is 0. The number of carbonyl (C=O) groups excluding carboxylic acids is 2. The Kier molecular flexibility index (Phi) is 3.39. The molecule has 1 aliphatic rings. The Balaban J connectivity index is 2.28. The molecule has 19 heavy (non-hydrogen) atoms. The smallest absolute Gasteiger partial charge is 0.270 e. The summed E-state index contributed by atoms with van der Waals surface area (Å²) in [6.45, 7) is 3.44. The Morgan fingerprint density at radius 3 is 2.63 bits per heavy atom. The van der Waals surface area contributed by atoms with E-state index in [9.17, 15) is 19.7 Å². The Morgan fingerprint density at radius 1 is 1.32 bits per heavy atom. The summed E-state index contributed by atoms with van der Waals surface area (Å²) in [5.41, 5.74) is -0.0482. The molecule has 7 nitrogen and oxygen atoms in total. The van der Waals surface area contributed by atoms with Crippen molar-refractivity contribution in [3.63, 3.8) is 0 Å². The van der Waals surface area contributed by atoms with Gasteiger partial charge in [0.15, 0.2) is 0 Å². The number of non-ortho nitro benzene ring substituents is 1. The van der Waals surface area contributed by atoms with Gasteiger partial charge in [-0.25, -0.2) is 4.90 Å². The van der Waals surface area contributed by atoms with E-state index < -0.39 is 16.7 Å². The molecule has 0 aliphatic carbocycles. The number of benzene rings is 1. The molecule has 0 radical (unpaired) electrons. The number of ether oxygens (including phenoxy) is 1. The van der Waals surface area contributed by atoms with E-state index in [2.05, 4.69) is 6.58 Å². The van der Waals surface area contributed by atoms with Crippen LogP contribution in [-0.2, 0) is 4.74 Å². The summed E-state index contributed by atoms with van der Waals surface area (Å²) in [6, 6.07) is 3.57. The second kappa shape index (κ2) is 4.99. The largest absolute Gasteiger partial charge is 0.356 e. The third kappa shape index (κ3) is 2.23. The SMILES string of the molecule is C=CCOCN1C(=O)c2ccc([N+](=O)[O-])cc2C1=O. The van der Waals surface area contributed by atoms with Crippen LogP contribution in [0.15, 0.2) is 30.9 Å². The van der Waals surface area contributed by atoms with Gasteiger partial charge in [0.05, 0.1) is 22.7 Å². The van der Waals surface area contributed by atoms with E-state index in [4.69, 9.17) is 4.74 Å². The number of nitro benzene ring substituents is 1. The normalized spacial score (nSPS) is 13.6. The van der Waals surface area contributed by atoms with Crippen molar-refractivity contribution >= 4 is 17.5 Å². The molecule has 0 atom stereocenters. The lowest BCUT2D eigenvalue weighted by Crippen LogP contribution is -2.32. The van der Waals surface area contributed by atoms with Gasteiger partial charge in [0.25, 0.3) is 17.5 Å². The van der Waals surface area contributed by atoms with Crippen molar-refractivity contribution in [1.29, 1.82) is 0 Å². The number of fused-ring (bicyclic) bond motifs is 1. The zero-order valence-corrected chi connectivity index (χ0v) is 9.87. The van der Waals surface area contributed by atoms with Crippen molar-refractivity contribution < 1.29 is 19.2 Å². The Morgan fingerprint density at radius 2 is 2.00 bits per heavy atom. The van der Waals surface area contributed by atoms with Crippen LogP contribution < -0.4 is 0 Å². The molecule has 0 N–H and O–H groups in total. The monoisotopic (exact) mass is 262 g/mol. The first-order chi connectivity index (χ1) is 9.06. The third-order valence-corrected chi connectivity index (χ3v) is 2.62. The number of rotatable bonds is 5. The predicted molar refractivity (Wildman–Crippen MR) is 64.6 cm³/mol. The van der Waals surface area contributed by atoms with Gasteiger partial charge in [-0.05, 0) is 6.07 Å². The fourth-order valence-electron chi connectivity index (χ4n) is 1.74. The van der Waals surface area contributed by atoms with E-state index in [0.717, 1.165) is 11.0 Å². The number of hydrogen-bond acceptors (Lipinski definition) is 5. The maximum Gasteiger partial charge on any atom is 0.270 e. The van der Waals surface area contributed by atoms with Crippen LogP contribution in [0.1, 0.15) is 20.7 Å². The van der Waals surface area contributed by atoms with Gasteiger partial charge in [-0.2, -0.15) is 0 Å². The van der Waals surface area contributed by atoms with Crippen LogP contribution in [0.3, 0.4) is 0 Å². The summed E-state index contributed by atoms with van der Waals surface area (Å²) in [6.07, 6.45) is 1.49. The number of nitrogens with zero attached hydrogens (tertiary/aromatic N) is 2. The molecular weight excluding hydrogens is 252 g/mol. The molecule has 1 aromatic carbocycles. The number of hydrogen-bond donors (Lipinski definition) is 0. The molecule has 1 heterocycles. The summed E-state index contributed by atoms with van der Waals surface area (Å²) in [5.74, 6) is -1.10. The molecule has 0 bridgehead atoms. The number of nitro groups is 1. The molecule has 0 fully saturated rings. The van der Waals surface area contributed by atoms with Gasteiger partial charge in [-0.15, -0.1) is 6.58 Å². The van der Waals surface area contributed by atoms with E-state index in [0.29, 0.717) is 0 Å². The van der Waals surface area contributed by atoms with Crippen molar-refractivity contribution in [2.45, 2.75) is 0 Å². The number of amides is 2. The van der Waals surface area contributed by atoms with Crippen molar-refractivity contribution in [3.8, 4) is 0 Å². The number of imide groups is 1. The molecule has 0 saturated carbocycles. The standard InChI is InChI=1S/C12H10N2O5/c1-2-5-19-7-13-11(15)9-4-3-8(14(17)18)6-10(9)12(13)16/h2-4,6H,1,5,7H2. The second-order valence-corrected chi connectivity index (χ2v) is 3.81. The highest BCUT2D eigenvalue weighted by Gasteiger charge is 2.36.